The Labute approximate surface area is 148 Å². The third-order valence-corrected chi connectivity index (χ3v) is 5.20. The van der Waals surface area contributed by atoms with Crippen LogP contribution >= 0.6 is 11.3 Å². The van der Waals surface area contributed by atoms with E-state index in [1.807, 2.05) is 0 Å². The standard InChI is InChI=1S/C18H17FN2O3S/c1-11(22)15-6-7-16(25-15)18(24)20-14-8-17(23)21(10-14)9-12-2-4-13(19)5-3-12/h2-7,14H,8-10H2,1H3,(H,20,24). The van der Waals surface area contributed by atoms with Crippen LogP contribution in [0, 0.1) is 5.82 Å². The van der Waals surface area contributed by atoms with Crippen molar-refractivity contribution in [1.29, 1.82) is 0 Å². The van der Waals surface area contributed by atoms with Crippen molar-refractivity contribution in [2.24, 2.45) is 0 Å². The number of Topliss-reactive ketones (excluding diaryl/α,β-unsaturated/α-hetero) is 1. The molecule has 1 aliphatic heterocycles. The molecule has 1 unspecified atom stereocenters. The number of nitrogens with zero attached hydrogens (tertiary/aromatic N) is 1. The van der Waals surface area contributed by atoms with Gasteiger partial charge < -0.3 is 10.2 Å². The summed E-state index contributed by atoms with van der Waals surface area (Å²) in [7, 11) is 0. The first-order valence-corrected chi connectivity index (χ1v) is 8.68. The number of likely N-dealkylation sites (tertiary alicyclic amines) is 1. The zero-order chi connectivity index (χ0) is 18.0. The molecule has 1 saturated heterocycles. The van der Waals surface area contributed by atoms with Gasteiger partial charge in [-0.1, -0.05) is 12.1 Å². The molecule has 2 amide bonds. The molecule has 0 radical (unpaired) electrons. The van der Waals surface area contributed by atoms with Crippen LogP contribution in [0.25, 0.3) is 0 Å². The minimum atomic E-state index is -0.317. The number of carbonyl (C=O) groups excluding carboxylic acids is 3. The van der Waals surface area contributed by atoms with Gasteiger partial charge in [-0.15, -0.1) is 11.3 Å². The van der Waals surface area contributed by atoms with Crippen molar-refractivity contribution in [2.75, 3.05) is 6.54 Å². The van der Waals surface area contributed by atoms with Gasteiger partial charge in [0.2, 0.25) is 5.91 Å². The van der Waals surface area contributed by atoms with Gasteiger partial charge in [-0.05, 0) is 36.8 Å². The van der Waals surface area contributed by atoms with Gasteiger partial charge in [-0.2, -0.15) is 0 Å². The molecule has 0 aliphatic carbocycles. The summed E-state index contributed by atoms with van der Waals surface area (Å²) >= 11 is 1.14. The molecule has 0 bridgehead atoms. The third-order valence-electron chi connectivity index (χ3n) is 4.01. The predicted molar refractivity (Wildman–Crippen MR) is 92.0 cm³/mol. The molecule has 0 spiro atoms. The van der Waals surface area contributed by atoms with E-state index in [4.69, 9.17) is 0 Å². The normalized spacial score (nSPS) is 17.0. The highest BCUT2D eigenvalue weighted by Gasteiger charge is 2.31. The molecular weight excluding hydrogens is 343 g/mol. The Morgan fingerprint density at radius 1 is 1.20 bits per heavy atom. The van der Waals surface area contributed by atoms with Crippen LogP contribution in [-0.2, 0) is 11.3 Å². The number of hydrogen-bond donors (Lipinski definition) is 1. The number of carbonyl (C=O) groups is 3. The second-order valence-electron chi connectivity index (χ2n) is 6.00. The zero-order valence-electron chi connectivity index (χ0n) is 13.6. The molecule has 5 nitrogen and oxygen atoms in total. The van der Waals surface area contributed by atoms with Crippen LogP contribution in [-0.4, -0.2) is 35.1 Å². The highest BCUT2D eigenvalue weighted by atomic mass is 32.1. The van der Waals surface area contributed by atoms with Crippen molar-refractivity contribution in [3.8, 4) is 0 Å². The van der Waals surface area contributed by atoms with Gasteiger partial charge in [0.1, 0.15) is 5.82 Å². The molecule has 0 saturated carbocycles. The van der Waals surface area contributed by atoms with Crippen LogP contribution in [0.4, 0.5) is 4.39 Å². The first kappa shape index (κ1) is 17.3. The van der Waals surface area contributed by atoms with Crippen LogP contribution < -0.4 is 5.32 Å². The highest BCUT2D eigenvalue weighted by molar-refractivity contribution is 7.15. The van der Waals surface area contributed by atoms with Crippen LogP contribution in [0.1, 0.15) is 38.3 Å². The number of amides is 2. The molecule has 1 aromatic carbocycles. The molecule has 1 atom stereocenters. The molecule has 1 N–H and O–H groups in total. The van der Waals surface area contributed by atoms with E-state index >= 15 is 0 Å². The fourth-order valence-corrected chi connectivity index (χ4v) is 3.54. The number of benzene rings is 1. The van der Waals surface area contributed by atoms with E-state index in [2.05, 4.69) is 5.32 Å². The first-order valence-electron chi connectivity index (χ1n) is 7.86. The number of thiophene rings is 1. The smallest absolute Gasteiger partial charge is 0.261 e. The van der Waals surface area contributed by atoms with E-state index < -0.39 is 0 Å². The van der Waals surface area contributed by atoms with E-state index in [9.17, 15) is 18.8 Å². The number of hydrogen-bond acceptors (Lipinski definition) is 4. The quantitative estimate of drug-likeness (QED) is 0.834. The van der Waals surface area contributed by atoms with Gasteiger partial charge >= 0.3 is 0 Å². The molecule has 3 rings (SSSR count). The average Bonchev–Trinajstić information content (AvgIpc) is 3.17. The van der Waals surface area contributed by atoms with E-state index in [1.54, 1.807) is 29.2 Å². The summed E-state index contributed by atoms with van der Waals surface area (Å²) in [6, 6.07) is 8.97. The van der Waals surface area contributed by atoms with Crippen LogP contribution in [0.15, 0.2) is 36.4 Å². The van der Waals surface area contributed by atoms with Gasteiger partial charge in [0.05, 0.1) is 15.8 Å². The summed E-state index contributed by atoms with van der Waals surface area (Å²) in [6.07, 6.45) is 0.234. The van der Waals surface area contributed by atoms with Crippen LogP contribution in [0.3, 0.4) is 0 Å². The molecule has 2 heterocycles. The van der Waals surface area contributed by atoms with E-state index in [1.165, 1.54) is 19.1 Å². The van der Waals surface area contributed by atoms with E-state index in [0.717, 1.165) is 16.9 Å². The second-order valence-corrected chi connectivity index (χ2v) is 7.08. The Hall–Kier alpha value is -2.54. The molecule has 25 heavy (non-hydrogen) atoms. The summed E-state index contributed by atoms with van der Waals surface area (Å²) < 4.78 is 12.9. The van der Waals surface area contributed by atoms with Gasteiger partial charge in [0.25, 0.3) is 5.91 Å². The van der Waals surface area contributed by atoms with Crippen molar-refractivity contribution in [3.05, 3.63) is 57.5 Å². The van der Waals surface area contributed by atoms with Crippen LogP contribution in [0.5, 0.6) is 0 Å². The fourth-order valence-electron chi connectivity index (χ4n) is 2.74. The highest BCUT2D eigenvalue weighted by Crippen LogP contribution is 2.19. The van der Waals surface area contributed by atoms with Crippen molar-refractivity contribution < 1.29 is 18.8 Å². The second kappa shape index (κ2) is 7.14. The SMILES string of the molecule is CC(=O)c1ccc(C(=O)NC2CC(=O)N(Cc3ccc(F)cc3)C2)s1. The third kappa shape index (κ3) is 4.11. The van der Waals surface area contributed by atoms with Gasteiger partial charge in [0, 0.05) is 19.5 Å². The largest absolute Gasteiger partial charge is 0.346 e. The average molecular weight is 360 g/mol. The molecule has 130 valence electrons. The summed E-state index contributed by atoms with van der Waals surface area (Å²) in [5, 5.41) is 2.84. The molecule has 2 aromatic rings. The topological polar surface area (TPSA) is 66.5 Å². The number of rotatable bonds is 5. The summed E-state index contributed by atoms with van der Waals surface area (Å²) in [5.74, 6) is -0.725. The van der Waals surface area contributed by atoms with Gasteiger partial charge in [-0.25, -0.2) is 4.39 Å². The molecule has 7 heteroatoms. The minimum absolute atomic E-state index is 0.0507. The Morgan fingerprint density at radius 3 is 2.52 bits per heavy atom. The lowest BCUT2D eigenvalue weighted by atomic mass is 10.2. The predicted octanol–water partition coefficient (Wildman–Crippen LogP) is 2.62. The van der Waals surface area contributed by atoms with Gasteiger partial charge in [-0.3, -0.25) is 14.4 Å². The Kier molecular flexibility index (Phi) is 4.94. The number of halogens is 1. The minimum Gasteiger partial charge on any atom is -0.346 e. The Balaban J connectivity index is 1.59. The zero-order valence-corrected chi connectivity index (χ0v) is 14.4. The molecule has 1 aliphatic rings. The van der Waals surface area contributed by atoms with E-state index in [-0.39, 0.29) is 35.9 Å². The molecular formula is C18H17FN2O3S. The molecule has 1 fully saturated rings. The first-order chi connectivity index (χ1) is 11.9. The summed E-state index contributed by atoms with van der Waals surface area (Å²) in [6.45, 7) is 2.25. The fraction of sp³-hybridized carbons (Fsp3) is 0.278. The van der Waals surface area contributed by atoms with Crippen molar-refractivity contribution in [3.63, 3.8) is 0 Å². The Bertz CT molecular complexity index is 816. The Morgan fingerprint density at radius 2 is 1.88 bits per heavy atom. The van der Waals surface area contributed by atoms with Crippen molar-refractivity contribution >= 4 is 28.9 Å². The van der Waals surface area contributed by atoms with Gasteiger partial charge in [0.15, 0.2) is 5.78 Å². The van der Waals surface area contributed by atoms with Crippen LogP contribution in [0.2, 0.25) is 0 Å². The number of nitrogens with one attached hydrogen (secondary N) is 1. The monoisotopic (exact) mass is 360 g/mol. The molecule has 1 aromatic heterocycles. The maximum absolute atomic E-state index is 12.9. The maximum atomic E-state index is 12.9. The summed E-state index contributed by atoms with van der Waals surface area (Å²) in [5.41, 5.74) is 0.839. The summed E-state index contributed by atoms with van der Waals surface area (Å²) in [4.78, 5) is 38.3. The van der Waals surface area contributed by atoms with E-state index in [0.29, 0.717) is 22.8 Å². The van der Waals surface area contributed by atoms with Crippen molar-refractivity contribution in [1.82, 2.24) is 10.2 Å². The lowest BCUT2D eigenvalue weighted by Gasteiger charge is -2.17. The lowest BCUT2D eigenvalue weighted by Crippen LogP contribution is -2.36. The lowest BCUT2D eigenvalue weighted by molar-refractivity contribution is -0.128. The van der Waals surface area contributed by atoms with Crippen molar-refractivity contribution in [2.45, 2.75) is 25.9 Å². The maximum Gasteiger partial charge on any atom is 0.261 e. The number of ketones is 1.